The zero-order valence-corrected chi connectivity index (χ0v) is 20.9. The molecule has 0 spiro atoms. The number of nitrogens with zero attached hydrogens (tertiary/aromatic N) is 2. The molecule has 7 nitrogen and oxygen atoms in total. The number of hydrogen-bond donors (Lipinski definition) is 0. The van der Waals surface area contributed by atoms with Crippen molar-refractivity contribution in [2.24, 2.45) is 0 Å². The summed E-state index contributed by atoms with van der Waals surface area (Å²) in [7, 11) is 0. The molecule has 0 N–H and O–H groups in total. The maximum atomic E-state index is 12.9. The molecule has 1 unspecified atom stereocenters. The van der Waals surface area contributed by atoms with Crippen molar-refractivity contribution in [1.82, 2.24) is 4.98 Å². The van der Waals surface area contributed by atoms with Gasteiger partial charge in [0.05, 0.1) is 23.0 Å². The summed E-state index contributed by atoms with van der Waals surface area (Å²) in [5, 5.41) is 3.01. The van der Waals surface area contributed by atoms with Gasteiger partial charge in [0.15, 0.2) is 6.10 Å². The van der Waals surface area contributed by atoms with Gasteiger partial charge in [0, 0.05) is 24.0 Å². The number of unbranched alkanes of at least 4 members (excludes halogenated alkanes) is 1. The molecule has 0 radical (unpaired) electrons. The summed E-state index contributed by atoms with van der Waals surface area (Å²) in [5.74, 6) is -0.216. The molecule has 2 heterocycles. The largest absolute Gasteiger partial charge is 0.479 e. The Kier molecular flexibility index (Phi) is 8.50. The molecule has 0 aliphatic carbocycles. The van der Waals surface area contributed by atoms with Crippen LogP contribution in [0.4, 0.5) is 5.69 Å². The first kappa shape index (κ1) is 24.9. The summed E-state index contributed by atoms with van der Waals surface area (Å²) in [6, 6.07) is 15.8. The Labute approximate surface area is 209 Å². The van der Waals surface area contributed by atoms with E-state index in [1.807, 2.05) is 41.8 Å². The third-order valence-corrected chi connectivity index (χ3v) is 6.48. The maximum Gasteiger partial charge on any atom is 0.326 e. The van der Waals surface area contributed by atoms with E-state index in [0.717, 1.165) is 35.5 Å². The first-order valence-corrected chi connectivity index (χ1v) is 12.8. The first-order chi connectivity index (χ1) is 17.0. The summed E-state index contributed by atoms with van der Waals surface area (Å²) in [4.78, 5) is 31.6. The minimum absolute atomic E-state index is 0.159. The molecule has 3 aromatic rings. The highest BCUT2D eigenvalue weighted by Crippen LogP contribution is 2.38. The van der Waals surface area contributed by atoms with Crippen molar-refractivity contribution < 1.29 is 23.8 Å². The van der Waals surface area contributed by atoms with E-state index in [1.165, 1.54) is 10.5 Å². The molecule has 0 fully saturated rings. The summed E-state index contributed by atoms with van der Waals surface area (Å²) >= 11 is 1.60. The van der Waals surface area contributed by atoms with E-state index >= 15 is 0 Å². The second-order valence-corrected chi connectivity index (χ2v) is 9.28. The molecule has 1 aliphatic heterocycles. The van der Waals surface area contributed by atoms with E-state index in [9.17, 15) is 9.59 Å². The normalized spacial score (nSPS) is 15.0. The van der Waals surface area contributed by atoms with Crippen molar-refractivity contribution in [3.05, 3.63) is 64.5 Å². The van der Waals surface area contributed by atoms with Crippen LogP contribution in [0.2, 0.25) is 0 Å². The van der Waals surface area contributed by atoms with Gasteiger partial charge < -0.3 is 14.2 Å². The van der Waals surface area contributed by atoms with Crippen LogP contribution in [0.15, 0.2) is 53.9 Å². The van der Waals surface area contributed by atoms with E-state index in [4.69, 9.17) is 19.2 Å². The number of ether oxygens (including phenoxy) is 3. The number of aromatic nitrogens is 1. The van der Waals surface area contributed by atoms with Crippen LogP contribution in [0.5, 0.6) is 5.75 Å². The van der Waals surface area contributed by atoms with Crippen LogP contribution in [0.25, 0.3) is 11.3 Å². The Morgan fingerprint density at radius 2 is 1.97 bits per heavy atom. The third kappa shape index (κ3) is 6.46. The third-order valence-electron chi connectivity index (χ3n) is 5.63. The van der Waals surface area contributed by atoms with Gasteiger partial charge >= 0.3 is 5.97 Å². The zero-order chi connectivity index (χ0) is 24.6. The van der Waals surface area contributed by atoms with E-state index in [1.54, 1.807) is 18.3 Å². The first-order valence-electron chi connectivity index (χ1n) is 11.9. The van der Waals surface area contributed by atoms with Crippen molar-refractivity contribution in [2.45, 2.75) is 39.2 Å². The number of rotatable bonds is 11. The number of fused-ring (bicyclic) bond motifs is 1. The van der Waals surface area contributed by atoms with Crippen LogP contribution in [0, 0.1) is 0 Å². The van der Waals surface area contributed by atoms with Crippen molar-refractivity contribution in [3.63, 3.8) is 0 Å². The lowest BCUT2D eigenvalue weighted by Crippen LogP contribution is -2.47. The molecular formula is C27H30N2O5S. The number of amides is 1. The second-order valence-electron chi connectivity index (χ2n) is 8.34. The summed E-state index contributed by atoms with van der Waals surface area (Å²) in [6.45, 7) is 4.73. The maximum absolute atomic E-state index is 12.9. The quantitative estimate of drug-likeness (QED) is 0.279. The number of carbonyl (C=O) groups is 2. The van der Waals surface area contributed by atoms with Gasteiger partial charge in [-0.15, -0.1) is 11.3 Å². The highest BCUT2D eigenvalue weighted by molar-refractivity contribution is 7.10. The van der Waals surface area contributed by atoms with Crippen molar-refractivity contribution in [1.29, 1.82) is 0 Å². The SMILES string of the molecule is CCCCOCCOC(=O)CN1C(=O)C(C)Oc2ccc(-c3csc(Cc4ccccc4)n3)cc21. The molecular weight excluding hydrogens is 464 g/mol. The molecule has 35 heavy (non-hydrogen) atoms. The Hall–Kier alpha value is -3.23. The Bertz CT molecular complexity index is 1150. The van der Waals surface area contributed by atoms with Crippen molar-refractivity contribution in [3.8, 4) is 17.0 Å². The summed E-state index contributed by atoms with van der Waals surface area (Å²) in [6.07, 6.45) is 2.10. The highest BCUT2D eigenvalue weighted by Gasteiger charge is 2.33. The van der Waals surface area contributed by atoms with Gasteiger partial charge in [-0.1, -0.05) is 43.7 Å². The molecule has 1 aliphatic rings. The standard InChI is InChI=1S/C27H30N2O5S/c1-3-4-12-32-13-14-33-26(30)17-29-23-16-21(10-11-24(23)34-19(2)27(29)31)22-18-35-25(28-22)15-20-8-6-5-7-9-20/h5-11,16,18-19H,3-4,12-15,17H2,1-2H3. The van der Waals surface area contributed by atoms with Crippen LogP contribution < -0.4 is 9.64 Å². The molecule has 1 atom stereocenters. The molecule has 4 rings (SSSR count). The summed E-state index contributed by atoms with van der Waals surface area (Å²) < 4.78 is 16.5. The van der Waals surface area contributed by atoms with Gasteiger partial charge in [0.2, 0.25) is 0 Å². The van der Waals surface area contributed by atoms with Gasteiger partial charge in [0.1, 0.15) is 18.9 Å². The van der Waals surface area contributed by atoms with Crippen LogP contribution in [0.1, 0.15) is 37.3 Å². The highest BCUT2D eigenvalue weighted by atomic mass is 32.1. The van der Waals surface area contributed by atoms with Crippen molar-refractivity contribution >= 4 is 28.9 Å². The Balaban J connectivity index is 1.46. The minimum Gasteiger partial charge on any atom is -0.479 e. The predicted octanol–water partition coefficient (Wildman–Crippen LogP) is 4.87. The monoisotopic (exact) mass is 494 g/mol. The molecule has 184 valence electrons. The number of thiazole rings is 1. The minimum atomic E-state index is -0.685. The average molecular weight is 495 g/mol. The fourth-order valence-electron chi connectivity index (χ4n) is 3.76. The number of benzene rings is 2. The average Bonchev–Trinajstić information content (AvgIpc) is 3.33. The zero-order valence-electron chi connectivity index (χ0n) is 20.1. The van der Waals surface area contributed by atoms with Gasteiger partial charge in [0.25, 0.3) is 5.91 Å². The van der Waals surface area contributed by atoms with Crippen LogP contribution >= 0.6 is 11.3 Å². The van der Waals surface area contributed by atoms with E-state index in [-0.39, 0.29) is 19.1 Å². The van der Waals surface area contributed by atoms with Gasteiger partial charge in [-0.25, -0.2) is 4.98 Å². The van der Waals surface area contributed by atoms with Crippen LogP contribution in [-0.2, 0) is 25.5 Å². The predicted molar refractivity (Wildman–Crippen MR) is 136 cm³/mol. The lowest BCUT2D eigenvalue weighted by Gasteiger charge is -2.32. The van der Waals surface area contributed by atoms with Crippen LogP contribution in [0.3, 0.4) is 0 Å². The molecule has 8 heteroatoms. The number of carbonyl (C=O) groups excluding carboxylic acids is 2. The number of hydrogen-bond acceptors (Lipinski definition) is 7. The topological polar surface area (TPSA) is 78.0 Å². The Morgan fingerprint density at radius 1 is 1.14 bits per heavy atom. The number of esters is 1. The Morgan fingerprint density at radius 3 is 2.77 bits per heavy atom. The molecule has 1 aromatic heterocycles. The second kappa shape index (κ2) is 12.0. The number of anilines is 1. The fraction of sp³-hybridized carbons (Fsp3) is 0.370. The molecule has 2 aromatic carbocycles. The van der Waals surface area contributed by atoms with Gasteiger partial charge in [-0.3, -0.25) is 14.5 Å². The van der Waals surface area contributed by atoms with Crippen molar-refractivity contribution in [2.75, 3.05) is 31.3 Å². The van der Waals surface area contributed by atoms with Gasteiger partial charge in [-0.2, -0.15) is 0 Å². The lowest BCUT2D eigenvalue weighted by molar-refractivity contribution is -0.144. The smallest absolute Gasteiger partial charge is 0.326 e. The fourth-order valence-corrected chi connectivity index (χ4v) is 4.60. The lowest BCUT2D eigenvalue weighted by atomic mass is 10.1. The molecule has 1 amide bonds. The van der Waals surface area contributed by atoms with E-state index < -0.39 is 12.1 Å². The summed E-state index contributed by atoms with van der Waals surface area (Å²) in [5.41, 5.74) is 3.42. The molecule has 0 saturated heterocycles. The van der Waals surface area contributed by atoms with Crippen LogP contribution in [-0.4, -0.2) is 49.3 Å². The van der Waals surface area contributed by atoms with Gasteiger partial charge in [-0.05, 0) is 37.1 Å². The van der Waals surface area contributed by atoms with E-state index in [2.05, 4.69) is 19.1 Å². The van der Waals surface area contributed by atoms with E-state index in [0.29, 0.717) is 24.7 Å². The molecule has 0 saturated carbocycles. The molecule has 0 bridgehead atoms.